The molecule has 1 N–H and O–H groups in total. The lowest BCUT2D eigenvalue weighted by molar-refractivity contribution is -0.134. The molecule has 4 heteroatoms. The van der Waals surface area contributed by atoms with Gasteiger partial charge in [0, 0.05) is 13.1 Å². The maximum absolute atomic E-state index is 11.7. The fraction of sp³-hybridized carbons (Fsp3) is 0.769. The van der Waals surface area contributed by atoms with E-state index in [9.17, 15) is 4.79 Å². The van der Waals surface area contributed by atoms with Gasteiger partial charge in [-0.2, -0.15) is 0 Å². The van der Waals surface area contributed by atoms with E-state index in [2.05, 4.69) is 11.9 Å². The molecule has 4 nitrogen and oxygen atoms in total. The lowest BCUT2D eigenvalue weighted by Crippen LogP contribution is -2.44. The predicted molar refractivity (Wildman–Crippen MR) is 68.9 cm³/mol. The Morgan fingerprint density at radius 3 is 2.76 bits per heavy atom. The number of morpholine rings is 1. The Bertz CT molecular complexity index is 225. The largest absolute Gasteiger partial charge is 0.378 e. The molecule has 1 amide bonds. The molecule has 0 atom stereocenters. The monoisotopic (exact) mass is 240 g/mol. The number of allylic oxidation sites excluding steroid dienone is 1. The summed E-state index contributed by atoms with van der Waals surface area (Å²) in [5, 5.41) is 3.20. The Kier molecular flexibility index (Phi) is 7.67. The Labute approximate surface area is 104 Å². The van der Waals surface area contributed by atoms with E-state index in [1.54, 1.807) is 0 Å². The highest BCUT2D eigenvalue weighted by Crippen LogP contribution is 1.99. The molecule has 0 bridgehead atoms. The minimum absolute atomic E-state index is 0.194. The summed E-state index contributed by atoms with van der Waals surface area (Å²) in [6.45, 7) is 7.90. The Morgan fingerprint density at radius 2 is 2.06 bits per heavy atom. The molecule has 1 saturated heterocycles. The van der Waals surface area contributed by atoms with Crippen molar-refractivity contribution in [2.75, 3.05) is 39.4 Å². The second-order valence-electron chi connectivity index (χ2n) is 4.31. The van der Waals surface area contributed by atoms with Crippen LogP contribution in [0.25, 0.3) is 0 Å². The number of ether oxygens (including phenoxy) is 1. The first-order valence-corrected chi connectivity index (χ1v) is 6.51. The molecule has 0 aromatic heterocycles. The van der Waals surface area contributed by atoms with Crippen LogP contribution >= 0.6 is 0 Å². The van der Waals surface area contributed by atoms with E-state index in [-0.39, 0.29) is 5.91 Å². The van der Waals surface area contributed by atoms with E-state index in [0.717, 1.165) is 32.5 Å². The average molecular weight is 240 g/mol. The zero-order chi connectivity index (χ0) is 12.3. The number of unbranched alkanes of at least 4 members (excludes halogenated alkanes) is 3. The van der Waals surface area contributed by atoms with Crippen molar-refractivity contribution in [1.29, 1.82) is 0 Å². The lowest BCUT2D eigenvalue weighted by Gasteiger charge is -2.26. The van der Waals surface area contributed by atoms with Gasteiger partial charge in [-0.1, -0.05) is 12.5 Å². The standard InChI is InChI=1S/C13H24N2O2/c1-2-3-4-5-6-7-14-12-13(16)15-8-10-17-11-9-15/h2,14H,1,3-12H2. The van der Waals surface area contributed by atoms with Crippen LogP contribution in [0.5, 0.6) is 0 Å². The van der Waals surface area contributed by atoms with Gasteiger partial charge in [-0.3, -0.25) is 4.79 Å². The summed E-state index contributed by atoms with van der Waals surface area (Å²) in [4.78, 5) is 13.6. The number of amides is 1. The van der Waals surface area contributed by atoms with E-state index in [0.29, 0.717) is 19.8 Å². The number of nitrogens with zero attached hydrogens (tertiary/aromatic N) is 1. The predicted octanol–water partition coefficient (Wildman–Crippen LogP) is 1.18. The molecular weight excluding hydrogens is 216 g/mol. The van der Waals surface area contributed by atoms with E-state index in [4.69, 9.17) is 4.74 Å². The third-order valence-electron chi connectivity index (χ3n) is 2.90. The van der Waals surface area contributed by atoms with Crippen molar-refractivity contribution >= 4 is 5.91 Å². The number of carbonyl (C=O) groups is 1. The second kappa shape index (κ2) is 9.19. The Morgan fingerprint density at radius 1 is 1.29 bits per heavy atom. The number of rotatable bonds is 8. The number of hydrogen-bond acceptors (Lipinski definition) is 3. The van der Waals surface area contributed by atoms with Crippen molar-refractivity contribution in [3.8, 4) is 0 Å². The molecule has 0 saturated carbocycles. The molecule has 0 aromatic rings. The average Bonchev–Trinajstić information content (AvgIpc) is 2.38. The van der Waals surface area contributed by atoms with Gasteiger partial charge in [0.1, 0.15) is 0 Å². The van der Waals surface area contributed by atoms with Crippen LogP contribution in [0.2, 0.25) is 0 Å². The lowest BCUT2D eigenvalue weighted by atomic mass is 10.2. The third kappa shape index (κ3) is 6.44. The summed E-state index contributed by atoms with van der Waals surface area (Å²) < 4.78 is 5.21. The molecule has 1 rings (SSSR count). The van der Waals surface area contributed by atoms with Crippen molar-refractivity contribution in [3.63, 3.8) is 0 Å². The second-order valence-corrected chi connectivity index (χ2v) is 4.31. The van der Waals surface area contributed by atoms with Gasteiger partial charge in [0.05, 0.1) is 19.8 Å². The van der Waals surface area contributed by atoms with Crippen molar-refractivity contribution in [2.24, 2.45) is 0 Å². The minimum atomic E-state index is 0.194. The Hall–Kier alpha value is -0.870. The highest BCUT2D eigenvalue weighted by Gasteiger charge is 2.15. The van der Waals surface area contributed by atoms with Gasteiger partial charge in [0.25, 0.3) is 0 Å². The molecule has 1 heterocycles. The highest BCUT2D eigenvalue weighted by molar-refractivity contribution is 5.78. The van der Waals surface area contributed by atoms with Crippen LogP contribution in [-0.2, 0) is 9.53 Å². The van der Waals surface area contributed by atoms with Crippen molar-refractivity contribution in [2.45, 2.75) is 25.7 Å². The molecule has 17 heavy (non-hydrogen) atoms. The van der Waals surface area contributed by atoms with Gasteiger partial charge in [-0.05, 0) is 25.8 Å². The normalized spacial score (nSPS) is 15.9. The molecule has 1 aliphatic heterocycles. The molecule has 1 fully saturated rings. The maximum atomic E-state index is 11.7. The van der Waals surface area contributed by atoms with Gasteiger partial charge in [0.15, 0.2) is 0 Å². The molecule has 1 aliphatic rings. The van der Waals surface area contributed by atoms with E-state index in [1.165, 1.54) is 12.8 Å². The first kappa shape index (κ1) is 14.2. The van der Waals surface area contributed by atoms with Gasteiger partial charge in [-0.25, -0.2) is 0 Å². The van der Waals surface area contributed by atoms with Gasteiger partial charge in [-0.15, -0.1) is 6.58 Å². The third-order valence-corrected chi connectivity index (χ3v) is 2.90. The van der Waals surface area contributed by atoms with E-state index < -0.39 is 0 Å². The van der Waals surface area contributed by atoms with Crippen LogP contribution in [-0.4, -0.2) is 50.2 Å². The summed E-state index contributed by atoms with van der Waals surface area (Å²) in [5.74, 6) is 0.194. The molecular formula is C13H24N2O2. The van der Waals surface area contributed by atoms with Gasteiger partial charge < -0.3 is 15.0 Å². The SMILES string of the molecule is C=CCCCCCNCC(=O)N1CCOCC1. The van der Waals surface area contributed by atoms with Crippen molar-refractivity contribution in [3.05, 3.63) is 12.7 Å². The fourth-order valence-corrected chi connectivity index (χ4v) is 1.84. The zero-order valence-corrected chi connectivity index (χ0v) is 10.6. The molecule has 98 valence electrons. The van der Waals surface area contributed by atoms with Crippen LogP contribution in [0.15, 0.2) is 12.7 Å². The van der Waals surface area contributed by atoms with Crippen LogP contribution in [0.3, 0.4) is 0 Å². The van der Waals surface area contributed by atoms with Gasteiger partial charge in [0.2, 0.25) is 5.91 Å². The first-order valence-electron chi connectivity index (χ1n) is 6.51. The summed E-state index contributed by atoms with van der Waals surface area (Å²) in [5.41, 5.74) is 0. The summed E-state index contributed by atoms with van der Waals surface area (Å²) in [6.07, 6.45) is 6.57. The molecule has 0 unspecified atom stereocenters. The van der Waals surface area contributed by atoms with Crippen LogP contribution in [0.1, 0.15) is 25.7 Å². The smallest absolute Gasteiger partial charge is 0.236 e. The number of hydrogen-bond donors (Lipinski definition) is 1. The summed E-state index contributed by atoms with van der Waals surface area (Å²) >= 11 is 0. The maximum Gasteiger partial charge on any atom is 0.236 e. The Balaban J connectivity index is 1.94. The highest BCUT2D eigenvalue weighted by atomic mass is 16.5. The zero-order valence-electron chi connectivity index (χ0n) is 10.6. The van der Waals surface area contributed by atoms with Crippen LogP contribution in [0, 0.1) is 0 Å². The summed E-state index contributed by atoms with van der Waals surface area (Å²) in [7, 11) is 0. The van der Waals surface area contributed by atoms with Gasteiger partial charge >= 0.3 is 0 Å². The number of nitrogens with one attached hydrogen (secondary N) is 1. The molecule has 0 radical (unpaired) electrons. The van der Waals surface area contributed by atoms with Crippen molar-refractivity contribution < 1.29 is 9.53 Å². The topological polar surface area (TPSA) is 41.6 Å². The molecule has 0 aromatic carbocycles. The summed E-state index contributed by atoms with van der Waals surface area (Å²) in [6, 6.07) is 0. The number of carbonyl (C=O) groups excluding carboxylic acids is 1. The fourth-order valence-electron chi connectivity index (χ4n) is 1.84. The van der Waals surface area contributed by atoms with Crippen LogP contribution < -0.4 is 5.32 Å². The van der Waals surface area contributed by atoms with Crippen LogP contribution in [0.4, 0.5) is 0 Å². The van der Waals surface area contributed by atoms with Crippen molar-refractivity contribution in [1.82, 2.24) is 10.2 Å². The molecule has 0 spiro atoms. The minimum Gasteiger partial charge on any atom is -0.378 e. The van der Waals surface area contributed by atoms with E-state index >= 15 is 0 Å². The molecule has 0 aliphatic carbocycles. The quantitative estimate of drug-likeness (QED) is 0.512. The first-order chi connectivity index (χ1) is 8.34. The van der Waals surface area contributed by atoms with E-state index in [1.807, 2.05) is 11.0 Å².